The molecule has 7 heteroatoms. The Morgan fingerprint density at radius 1 is 1.00 bits per heavy atom. The van der Waals surface area contributed by atoms with Crippen LogP contribution >= 0.6 is 0 Å². The SMILES string of the molecule is CNC(=O)NC(=O)[C@H](OC(=O)c1oc2ccccc2c1C)c1ccccc1. The molecule has 0 fully saturated rings. The average molecular weight is 366 g/mol. The second kappa shape index (κ2) is 7.74. The van der Waals surface area contributed by atoms with Gasteiger partial charge in [-0.1, -0.05) is 48.5 Å². The van der Waals surface area contributed by atoms with Gasteiger partial charge < -0.3 is 14.5 Å². The number of ether oxygens (including phenoxy) is 1. The van der Waals surface area contributed by atoms with Crippen molar-refractivity contribution < 1.29 is 23.5 Å². The van der Waals surface area contributed by atoms with Gasteiger partial charge in [-0.05, 0) is 13.0 Å². The molecule has 0 aliphatic heterocycles. The summed E-state index contributed by atoms with van der Waals surface area (Å²) >= 11 is 0. The molecule has 0 spiro atoms. The highest BCUT2D eigenvalue weighted by Gasteiger charge is 2.29. The standard InChI is InChI=1S/C20H18N2O5/c1-12-14-10-6-7-11-15(14)26-16(12)19(24)27-17(13-8-4-3-5-9-13)18(23)22-20(25)21-2/h3-11,17H,1-2H3,(H2,21,22,23,25)/t17-/m1/s1. The van der Waals surface area contributed by atoms with E-state index >= 15 is 0 Å². The Morgan fingerprint density at radius 3 is 2.33 bits per heavy atom. The number of carbonyl (C=O) groups excluding carboxylic acids is 3. The molecule has 1 aromatic heterocycles. The second-order valence-corrected chi connectivity index (χ2v) is 5.82. The van der Waals surface area contributed by atoms with E-state index < -0.39 is 24.0 Å². The van der Waals surface area contributed by atoms with Gasteiger partial charge >= 0.3 is 12.0 Å². The van der Waals surface area contributed by atoms with Gasteiger partial charge in [-0.3, -0.25) is 10.1 Å². The Kier molecular flexibility index (Phi) is 5.21. The summed E-state index contributed by atoms with van der Waals surface area (Å²) in [5, 5.41) is 5.20. The number of para-hydroxylation sites is 1. The number of carbonyl (C=O) groups is 3. The van der Waals surface area contributed by atoms with Gasteiger partial charge in [0.05, 0.1) is 0 Å². The fourth-order valence-corrected chi connectivity index (χ4v) is 2.67. The van der Waals surface area contributed by atoms with Gasteiger partial charge in [-0.15, -0.1) is 0 Å². The van der Waals surface area contributed by atoms with Crippen LogP contribution < -0.4 is 10.6 Å². The maximum absolute atomic E-state index is 12.7. The summed E-state index contributed by atoms with van der Waals surface area (Å²) in [7, 11) is 1.38. The molecule has 0 bridgehead atoms. The number of benzene rings is 2. The summed E-state index contributed by atoms with van der Waals surface area (Å²) in [5.41, 5.74) is 1.60. The monoisotopic (exact) mass is 366 g/mol. The smallest absolute Gasteiger partial charge is 0.375 e. The van der Waals surface area contributed by atoms with Gasteiger partial charge in [0, 0.05) is 23.6 Å². The molecule has 0 aliphatic carbocycles. The number of furan rings is 1. The van der Waals surface area contributed by atoms with Gasteiger partial charge in [0.2, 0.25) is 11.9 Å². The molecule has 27 heavy (non-hydrogen) atoms. The lowest BCUT2D eigenvalue weighted by Crippen LogP contribution is -2.41. The first-order chi connectivity index (χ1) is 13.0. The first-order valence-electron chi connectivity index (χ1n) is 8.28. The van der Waals surface area contributed by atoms with E-state index in [2.05, 4.69) is 10.6 Å². The van der Waals surface area contributed by atoms with Crippen LogP contribution in [0.4, 0.5) is 4.79 Å². The molecule has 138 valence electrons. The molecular weight excluding hydrogens is 348 g/mol. The van der Waals surface area contributed by atoms with Crippen LogP contribution in [0.5, 0.6) is 0 Å². The average Bonchev–Trinajstić information content (AvgIpc) is 3.03. The summed E-state index contributed by atoms with van der Waals surface area (Å²) < 4.78 is 11.0. The Balaban J connectivity index is 1.90. The summed E-state index contributed by atoms with van der Waals surface area (Å²) in [6, 6.07) is 14.9. The second-order valence-electron chi connectivity index (χ2n) is 5.82. The van der Waals surface area contributed by atoms with Crippen LogP contribution in [0.25, 0.3) is 11.0 Å². The van der Waals surface area contributed by atoms with Crippen LogP contribution in [-0.4, -0.2) is 25.0 Å². The molecule has 0 aliphatic rings. The number of urea groups is 1. The first kappa shape index (κ1) is 18.2. The van der Waals surface area contributed by atoms with Crippen molar-refractivity contribution in [2.24, 2.45) is 0 Å². The topological polar surface area (TPSA) is 97.6 Å². The lowest BCUT2D eigenvalue weighted by molar-refractivity contribution is -0.129. The molecule has 1 atom stereocenters. The molecule has 2 aromatic carbocycles. The molecule has 7 nitrogen and oxygen atoms in total. The predicted molar refractivity (Wildman–Crippen MR) is 98.1 cm³/mol. The summed E-state index contributed by atoms with van der Waals surface area (Å²) in [6.07, 6.45) is -1.30. The minimum atomic E-state index is -1.30. The zero-order valence-corrected chi connectivity index (χ0v) is 14.8. The van der Waals surface area contributed by atoms with Crippen LogP contribution in [0, 0.1) is 6.92 Å². The zero-order valence-electron chi connectivity index (χ0n) is 14.8. The van der Waals surface area contributed by atoms with E-state index in [9.17, 15) is 14.4 Å². The van der Waals surface area contributed by atoms with E-state index in [0.717, 1.165) is 5.39 Å². The number of amides is 3. The minimum Gasteiger partial charge on any atom is -0.449 e. The van der Waals surface area contributed by atoms with E-state index in [1.807, 2.05) is 12.1 Å². The highest BCUT2D eigenvalue weighted by Crippen LogP contribution is 2.27. The minimum absolute atomic E-state index is 0.0184. The maximum atomic E-state index is 12.7. The van der Waals surface area contributed by atoms with Crippen LogP contribution in [0.2, 0.25) is 0 Å². The quantitative estimate of drug-likeness (QED) is 0.692. The van der Waals surface area contributed by atoms with Gasteiger partial charge in [-0.2, -0.15) is 0 Å². The Labute approximate surface area is 155 Å². The van der Waals surface area contributed by atoms with Crippen LogP contribution in [0.15, 0.2) is 59.0 Å². The number of esters is 1. The Bertz CT molecular complexity index is 994. The third kappa shape index (κ3) is 3.82. The number of rotatable bonds is 4. The van der Waals surface area contributed by atoms with Gasteiger partial charge in [0.15, 0.2) is 0 Å². The summed E-state index contributed by atoms with van der Waals surface area (Å²) in [5.74, 6) is -1.53. The third-order valence-electron chi connectivity index (χ3n) is 4.06. The third-order valence-corrected chi connectivity index (χ3v) is 4.06. The Hall–Kier alpha value is -3.61. The largest absolute Gasteiger partial charge is 0.449 e. The number of fused-ring (bicyclic) bond motifs is 1. The molecule has 0 radical (unpaired) electrons. The van der Waals surface area contributed by atoms with Crippen molar-refractivity contribution in [3.8, 4) is 0 Å². The van der Waals surface area contributed by atoms with Crippen LogP contribution in [0.3, 0.4) is 0 Å². The molecule has 3 amide bonds. The maximum Gasteiger partial charge on any atom is 0.375 e. The van der Waals surface area contributed by atoms with Gasteiger partial charge in [-0.25, -0.2) is 9.59 Å². The molecule has 3 rings (SSSR count). The van der Waals surface area contributed by atoms with E-state index in [0.29, 0.717) is 16.7 Å². The number of imide groups is 1. The number of nitrogens with one attached hydrogen (secondary N) is 2. The fourth-order valence-electron chi connectivity index (χ4n) is 2.67. The van der Waals surface area contributed by atoms with Crippen molar-refractivity contribution in [1.29, 1.82) is 0 Å². The molecule has 0 saturated heterocycles. The van der Waals surface area contributed by atoms with Crippen molar-refractivity contribution >= 4 is 28.9 Å². The van der Waals surface area contributed by atoms with E-state index in [-0.39, 0.29) is 5.76 Å². The highest BCUT2D eigenvalue weighted by molar-refractivity contribution is 6.00. The van der Waals surface area contributed by atoms with Crippen molar-refractivity contribution in [2.45, 2.75) is 13.0 Å². The van der Waals surface area contributed by atoms with Crippen LogP contribution in [-0.2, 0) is 9.53 Å². The molecule has 2 N–H and O–H groups in total. The fraction of sp³-hybridized carbons (Fsp3) is 0.150. The molecule has 1 heterocycles. The zero-order chi connectivity index (χ0) is 19.4. The van der Waals surface area contributed by atoms with Crippen molar-refractivity contribution in [3.63, 3.8) is 0 Å². The number of aryl methyl sites for hydroxylation is 1. The van der Waals surface area contributed by atoms with E-state index in [1.165, 1.54) is 7.05 Å². The molecule has 3 aromatic rings. The van der Waals surface area contributed by atoms with E-state index in [1.54, 1.807) is 49.4 Å². The van der Waals surface area contributed by atoms with E-state index in [4.69, 9.17) is 9.15 Å². The lowest BCUT2D eigenvalue weighted by Gasteiger charge is -2.17. The number of hydrogen-bond acceptors (Lipinski definition) is 5. The van der Waals surface area contributed by atoms with Gasteiger partial charge in [0.25, 0.3) is 5.91 Å². The van der Waals surface area contributed by atoms with Crippen molar-refractivity contribution in [3.05, 3.63) is 71.5 Å². The Morgan fingerprint density at radius 2 is 1.67 bits per heavy atom. The van der Waals surface area contributed by atoms with Crippen LogP contribution in [0.1, 0.15) is 27.8 Å². The summed E-state index contributed by atoms with van der Waals surface area (Å²) in [4.78, 5) is 36.6. The predicted octanol–water partition coefficient (Wildman–Crippen LogP) is 3.09. The summed E-state index contributed by atoms with van der Waals surface area (Å²) in [6.45, 7) is 1.74. The highest BCUT2D eigenvalue weighted by atomic mass is 16.6. The van der Waals surface area contributed by atoms with Gasteiger partial charge in [0.1, 0.15) is 5.58 Å². The molecule has 0 saturated carbocycles. The normalized spacial score (nSPS) is 11.6. The van der Waals surface area contributed by atoms with Crippen molar-refractivity contribution in [1.82, 2.24) is 10.6 Å². The lowest BCUT2D eigenvalue weighted by atomic mass is 10.1. The molecular formula is C20H18N2O5. The number of hydrogen-bond donors (Lipinski definition) is 2. The molecule has 0 unspecified atom stereocenters. The first-order valence-corrected chi connectivity index (χ1v) is 8.28. The van der Waals surface area contributed by atoms with Crippen molar-refractivity contribution in [2.75, 3.05) is 7.05 Å².